The second-order valence-corrected chi connectivity index (χ2v) is 4.53. The van der Waals surface area contributed by atoms with E-state index >= 15 is 0 Å². The lowest BCUT2D eigenvalue weighted by Crippen LogP contribution is -2.41. The largest absolute Gasteiger partial charge is 0.411 e. The third-order valence-electron chi connectivity index (χ3n) is 3.39. The van der Waals surface area contributed by atoms with E-state index in [1.54, 1.807) is 0 Å². The maximum absolute atomic E-state index is 8.87. The number of hydrogen-bond donors (Lipinski definition) is 2. The Morgan fingerprint density at radius 3 is 2.81 bits per heavy atom. The predicted octanol–water partition coefficient (Wildman–Crippen LogP) is 1.71. The first-order chi connectivity index (χ1) is 7.81. The molecule has 0 saturated carbocycles. The number of aliphatic hydroxyl groups excluding tert-OH is 1. The molecule has 0 spiro atoms. The first-order valence-electron chi connectivity index (χ1n) is 6.35. The van der Waals surface area contributed by atoms with Crippen molar-refractivity contribution in [3.63, 3.8) is 0 Å². The van der Waals surface area contributed by atoms with E-state index < -0.39 is 0 Å². The topological polar surface area (TPSA) is 56.1 Å². The number of rotatable bonds is 6. The maximum Gasteiger partial charge on any atom is 0.0627 e. The molecule has 1 unspecified atom stereocenters. The highest BCUT2D eigenvalue weighted by Gasteiger charge is 2.23. The molecule has 0 aromatic heterocycles. The van der Waals surface area contributed by atoms with Crippen LogP contribution in [-0.4, -0.2) is 47.2 Å². The van der Waals surface area contributed by atoms with Crippen LogP contribution in [0.15, 0.2) is 5.16 Å². The molecule has 1 aliphatic rings. The highest BCUT2D eigenvalue weighted by Crippen LogP contribution is 2.17. The van der Waals surface area contributed by atoms with E-state index in [0.717, 1.165) is 57.5 Å². The Balaban J connectivity index is 2.25. The molecular weight excluding hydrogens is 204 g/mol. The molecule has 0 aromatic carbocycles. The summed E-state index contributed by atoms with van der Waals surface area (Å²) in [4.78, 5) is 2.44. The zero-order valence-electron chi connectivity index (χ0n) is 10.2. The maximum atomic E-state index is 8.87. The van der Waals surface area contributed by atoms with E-state index in [9.17, 15) is 0 Å². The van der Waals surface area contributed by atoms with Crippen molar-refractivity contribution in [3.8, 4) is 0 Å². The zero-order chi connectivity index (χ0) is 11.8. The number of hydrogen-bond acceptors (Lipinski definition) is 4. The van der Waals surface area contributed by atoms with Gasteiger partial charge in [0.05, 0.1) is 5.71 Å². The van der Waals surface area contributed by atoms with Crippen LogP contribution in [0.2, 0.25) is 0 Å². The fourth-order valence-corrected chi connectivity index (χ4v) is 2.31. The summed E-state index contributed by atoms with van der Waals surface area (Å²) in [5.41, 5.74) is 0.967. The first-order valence-corrected chi connectivity index (χ1v) is 6.35. The van der Waals surface area contributed by atoms with Crippen LogP contribution in [0.4, 0.5) is 0 Å². The van der Waals surface area contributed by atoms with Crippen LogP contribution in [-0.2, 0) is 0 Å². The minimum absolute atomic E-state index is 0.304. The summed E-state index contributed by atoms with van der Waals surface area (Å²) < 4.78 is 0. The Hall–Kier alpha value is -0.610. The minimum Gasteiger partial charge on any atom is -0.411 e. The van der Waals surface area contributed by atoms with Crippen LogP contribution < -0.4 is 0 Å². The van der Waals surface area contributed by atoms with Crippen molar-refractivity contribution in [1.82, 2.24) is 4.90 Å². The minimum atomic E-state index is 0.304. The first kappa shape index (κ1) is 13.5. The van der Waals surface area contributed by atoms with E-state index in [1.807, 2.05) is 0 Å². The molecule has 1 saturated heterocycles. The van der Waals surface area contributed by atoms with Gasteiger partial charge in [-0.3, -0.25) is 0 Å². The van der Waals surface area contributed by atoms with Crippen LogP contribution in [0.1, 0.15) is 39.0 Å². The summed E-state index contributed by atoms with van der Waals surface area (Å²) in [6.45, 7) is 5.59. The van der Waals surface area contributed by atoms with Crippen molar-refractivity contribution >= 4 is 5.71 Å². The van der Waals surface area contributed by atoms with Crippen molar-refractivity contribution < 1.29 is 10.3 Å². The molecular formula is C12H24N2O2. The standard InChI is InChI=1S/C12H24N2O2/c1-2-11-10-14(7-4-3-5-9-15)8-6-12(11)13-16/h11,15-16H,2-10H2,1H3. The van der Waals surface area contributed by atoms with Gasteiger partial charge in [0.1, 0.15) is 0 Å². The van der Waals surface area contributed by atoms with Gasteiger partial charge >= 0.3 is 0 Å². The van der Waals surface area contributed by atoms with Crippen molar-refractivity contribution in [2.24, 2.45) is 11.1 Å². The van der Waals surface area contributed by atoms with Gasteiger partial charge < -0.3 is 15.2 Å². The summed E-state index contributed by atoms with van der Waals surface area (Å²) in [5, 5.41) is 21.0. The summed E-state index contributed by atoms with van der Waals surface area (Å²) in [6, 6.07) is 0. The predicted molar refractivity (Wildman–Crippen MR) is 65.0 cm³/mol. The molecule has 0 aliphatic carbocycles. The molecule has 4 nitrogen and oxygen atoms in total. The zero-order valence-corrected chi connectivity index (χ0v) is 10.2. The molecule has 0 amide bonds. The summed E-state index contributed by atoms with van der Waals surface area (Å²) in [7, 11) is 0. The Morgan fingerprint density at radius 1 is 1.38 bits per heavy atom. The molecule has 4 heteroatoms. The van der Waals surface area contributed by atoms with Gasteiger partial charge in [-0.2, -0.15) is 0 Å². The van der Waals surface area contributed by atoms with Crippen molar-refractivity contribution in [2.75, 3.05) is 26.2 Å². The second kappa shape index (κ2) is 7.63. The molecule has 2 N–H and O–H groups in total. The third kappa shape index (κ3) is 4.10. The molecule has 0 radical (unpaired) electrons. The number of aliphatic hydroxyl groups is 1. The van der Waals surface area contributed by atoms with E-state index in [0.29, 0.717) is 12.5 Å². The van der Waals surface area contributed by atoms with Crippen LogP contribution in [0, 0.1) is 5.92 Å². The summed E-state index contributed by atoms with van der Waals surface area (Å²) in [6.07, 6.45) is 5.11. The van der Waals surface area contributed by atoms with Crippen molar-refractivity contribution in [2.45, 2.75) is 39.0 Å². The van der Waals surface area contributed by atoms with Gasteiger partial charge in [0.25, 0.3) is 0 Å². The molecule has 1 heterocycles. The Bertz CT molecular complexity index is 219. The highest BCUT2D eigenvalue weighted by atomic mass is 16.4. The van der Waals surface area contributed by atoms with Gasteiger partial charge in [-0.25, -0.2) is 0 Å². The van der Waals surface area contributed by atoms with Crippen molar-refractivity contribution in [3.05, 3.63) is 0 Å². The van der Waals surface area contributed by atoms with Gasteiger partial charge in [0.15, 0.2) is 0 Å². The second-order valence-electron chi connectivity index (χ2n) is 4.53. The lowest BCUT2D eigenvalue weighted by atomic mass is 9.93. The van der Waals surface area contributed by atoms with Gasteiger partial charge in [-0.1, -0.05) is 12.1 Å². The smallest absolute Gasteiger partial charge is 0.0627 e. The van der Waals surface area contributed by atoms with E-state index in [4.69, 9.17) is 10.3 Å². The van der Waals surface area contributed by atoms with Gasteiger partial charge in [0, 0.05) is 32.0 Å². The molecule has 1 rings (SSSR count). The van der Waals surface area contributed by atoms with Gasteiger partial charge in [-0.15, -0.1) is 0 Å². The Labute approximate surface area is 97.9 Å². The van der Waals surface area contributed by atoms with E-state index in [1.165, 1.54) is 0 Å². The van der Waals surface area contributed by atoms with E-state index in [2.05, 4.69) is 17.0 Å². The van der Waals surface area contributed by atoms with Crippen LogP contribution in [0.3, 0.4) is 0 Å². The quantitative estimate of drug-likeness (QED) is 0.413. The fraction of sp³-hybridized carbons (Fsp3) is 0.917. The van der Waals surface area contributed by atoms with Gasteiger partial charge in [0.2, 0.25) is 0 Å². The monoisotopic (exact) mass is 228 g/mol. The van der Waals surface area contributed by atoms with Crippen LogP contribution in [0.25, 0.3) is 0 Å². The number of unbranched alkanes of at least 4 members (excludes halogenated alkanes) is 2. The number of oxime groups is 1. The molecule has 0 bridgehead atoms. The van der Waals surface area contributed by atoms with Crippen LogP contribution >= 0.6 is 0 Å². The number of piperidine rings is 1. The average molecular weight is 228 g/mol. The summed E-state index contributed by atoms with van der Waals surface area (Å²) in [5.74, 6) is 0.427. The highest BCUT2D eigenvalue weighted by molar-refractivity contribution is 5.87. The molecule has 16 heavy (non-hydrogen) atoms. The lowest BCUT2D eigenvalue weighted by Gasteiger charge is -2.32. The third-order valence-corrected chi connectivity index (χ3v) is 3.39. The summed E-state index contributed by atoms with van der Waals surface area (Å²) >= 11 is 0. The fourth-order valence-electron chi connectivity index (χ4n) is 2.31. The average Bonchev–Trinajstić information content (AvgIpc) is 2.34. The van der Waals surface area contributed by atoms with Gasteiger partial charge in [-0.05, 0) is 32.2 Å². The Kier molecular flexibility index (Phi) is 6.42. The van der Waals surface area contributed by atoms with Crippen LogP contribution in [0.5, 0.6) is 0 Å². The molecule has 94 valence electrons. The molecule has 0 aromatic rings. The molecule has 1 aliphatic heterocycles. The molecule has 1 atom stereocenters. The number of likely N-dealkylation sites (tertiary alicyclic amines) is 1. The van der Waals surface area contributed by atoms with E-state index in [-0.39, 0.29) is 0 Å². The normalized spacial score (nSPS) is 25.1. The Morgan fingerprint density at radius 2 is 2.19 bits per heavy atom. The number of nitrogens with zero attached hydrogens (tertiary/aromatic N) is 2. The van der Waals surface area contributed by atoms with Crippen molar-refractivity contribution in [1.29, 1.82) is 0 Å². The molecule has 1 fully saturated rings. The SMILES string of the molecule is CCC1CN(CCCCCO)CCC1=NO. The lowest BCUT2D eigenvalue weighted by molar-refractivity contribution is 0.219.